The fourth-order valence-corrected chi connectivity index (χ4v) is 3.61. The maximum absolute atomic E-state index is 12.2. The number of aryl methyl sites for hydroxylation is 2. The number of carboxylic acid groups (broad SMARTS) is 1. The summed E-state index contributed by atoms with van der Waals surface area (Å²) in [7, 11) is 0. The minimum Gasteiger partial charge on any atom is -0.482 e. The summed E-state index contributed by atoms with van der Waals surface area (Å²) in [6.45, 7) is 3.60. The Kier molecular flexibility index (Phi) is 6.21. The molecular weight excluding hydrogens is 444 g/mol. The van der Waals surface area contributed by atoms with Crippen LogP contribution in [-0.4, -0.2) is 28.8 Å². The van der Waals surface area contributed by atoms with Gasteiger partial charge in [0.15, 0.2) is 11.8 Å². The molecular formula is C20H17BrN2O4S. The fraction of sp³-hybridized carbons (Fsp3) is 0.150. The van der Waals surface area contributed by atoms with Gasteiger partial charge in [-0.2, -0.15) is 0 Å². The highest BCUT2D eigenvalue weighted by Gasteiger charge is 2.23. The summed E-state index contributed by atoms with van der Waals surface area (Å²) in [5.41, 5.74) is 3.74. The quantitative estimate of drug-likeness (QED) is 0.644. The van der Waals surface area contributed by atoms with Crippen LogP contribution in [0.4, 0.5) is 5.69 Å². The van der Waals surface area contributed by atoms with Crippen LogP contribution >= 0.6 is 27.7 Å². The van der Waals surface area contributed by atoms with E-state index in [2.05, 4.69) is 26.2 Å². The maximum Gasteiger partial charge on any atom is 0.341 e. The monoisotopic (exact) mass is 460 g/mol. The van der Waals surface area contributed by atoms with E-state index in [4.69, 9.17) is 9.84 Å². The highest BCUT2D eigenvalue weighted by molar-refractivity contribution is 9.10. The molecule has 0 radical (unpaired) electrons. The molecule has 1 aliphatic heterocycles. The first kappa shape index (κ1) is 20.2. The molecule has 8 heteroatoms. The minimum atomic E-state index is -1.03. The van der Waals surface area contributed by atoms with Crippen molar-refractivity contribution in [3.63, 3.8) is 0 Å². The molecule has 1 fully saturated rings. The van der Waals surface area contributed by atoms with Crippen LogP contribution < -0.4 is 10.1 Å². The van der Waals surface area contributed by atoms with Gasteiger partial charge in [0.2, 0.25) is 0 Å². The molecule has 1 heterocycles. The molecule has 2 aromatic rings. The number of carbonyl (C=O) groups excluding carboxylic acids is 1. The van der Waals surface area contributed by atoms with Crippen LogP contribution in [0.5, 0.6) is 5.75 Å². The molecule has 0 bridgehead atoms. The van der Waals surface area contributed by atoms with Crippen LogP contribution in [0.1, 0.15) is 16.7 Å². The topological polar surface area (TPSA) is 88.0 Å². The van der Waals surface area contributed by atoms with E-state index >= 15 is 0 Å². The molecule has 144 valence electrons. The van der Waals surface area contributed by atoms with Crippen molar-refractivity contribution >= 4 is 56.5 Å². The lowest BCUT2D eigenvalue weighted by atomic mass is 10.1. The largest absolute Gasteiger partial charge is 0.482 e. The van der Waals surface area contributed by atoms with Crippen molar-refractivity contribution < 1.29 is 19.4 Å². The number of carbonyl (C=O) groups is 2. The van der Waals surface area contributed by atoms with Gasteiger partial charge in [-0.05, 0) is 72.6 Å². The second kappa shape index (κ2) is 8.62. The van der Waals surface area contributed by atoms with E-state index in [1.807, 2.05) is 26.0 Å². The molecule has 0 unspecified atom stereocenters. The Labute approximate surface area is 174 Å². The Morgan fingerprint density at radius 3 is 2.50 bits per heavy atom. The van der Waals surface area contributed by atoms with Crippen molar-refractivity contribution in [3.05, 3.63) is 62.5 Å². The normalized spacial score (nSPS) is 16.5. The van der Waals surface area contributed by atoms with Crippen molar-refractivity contribution in [2.75, 3.05) is 6.61 Å². The summed E-state index contributed by atoms with van der Waals surface area (Å²) >= 11 is 4.81. The smallest absolute Gasteiger partial charge is 0.341 e. The highest BCUT2D eigenvalue weighted by Crippen LogP contribution is 2.31. The van der Waals surface area contributed by atoms with E-state index in [9.17, 15) is 9.59 Å². The summed E-state index contributed by atoms with van der Waals surface area (Å²) < 4.78 is 6.15. The Hall–Kier alpha value is -2.58. The third-order valence-corrected chi connectivity index (χ3v) is 6.00. The van der Waals surface area contributed by atoms with Gasteiger partial charge >= 0.3 is 5.97 Å². The minimum absolute atomic E-state index is 0.208. The van der Waals surface area contributed by atoms with Gasteiger partial charge < -0.3 is 15.2 Å². The number of ether oxygens (including phenoxy) is 1. The lowest BCUT2D eigenvalue weighted by Gasteiger charge is -2.05. The van der Waals surface area contributed by atoms with E-state index in [0.29, 0.717) is 15.8 Å². The van der Waals surface area contributed by atoms with Crippen LogP contribution in [0.2, 0.25) is 0 Å². The Bertz CT molecular complexity index is 977. The molecule has 0 atom stereocenters. The lowest BCUT2D eigenvalue weighted by Crippen LogP contribution is -2.19. The van der Waals surface area contributed by atoms with E-state index in [1.54, 1.807) is 30.3 Å². The van der Waals surface area contributed by atoms with E-state index in [0.717, 1.165) is 26.9 Å². The average Bonchev–Trinajstić information content (AvgIpc) is 2.98. The number of nitrogens with one attached hydrogen (secondary N) is 1. The molecule has 0 spiro atoms. The van der Waals surface area contributed by atoms with Gasteiger partial charge in [0, 0.05) is 4.47 Å². The van der Waals surface area contributed by atoms with Gasteiger partial charge in [-0.1, -0.05) is 28.1 Å². The van der Waals surface area contributed by atoms with E-state index in [1.165, 1.54) is 11.8 Å². The third-order valence-electron chi connectivity index (χ3n) is 3.84. The van der Waals surface area contributed by atoms with Crippen LogP contribution in [0.3, 0.4) is 0 Å². The number of benzene rings is 2. The lowest BCUT2D eigenvalue weighted by molar-refractivity contribution is -0.139. The van der Waals surface area contributed by atoms with Gasteiger partial charge in [-0.3, -0.25) is 4.79 Å². The number of carboxylic acids is 1. The van der Waals surface area contributed by atoms with Crippen LogP contribution in [0.25, 0.3) is 6.08 Å². The standard InChI is InChI=1S/C20H17BrN2O4S/c1-11-7-14(8-12(2)18(11)21)22-20-23-19(26)16(28-20)9-13-3-5-15(6-4-13)27-10-17(24)25/h3-9H,10H2,1-2H3,(H,24,25)(H,22,23,26)/b16-9-. The highest BCUT2D eigenvalue weighted by atomic mass is 79.9. The molecule has 1 aliphatic rings. The molecule has 2 N–H and O–H groups in total. The molecule has 6 nitrogen and oxygen atoms in total. The predicted octanol–water partition coefficient (Wildman–Crippen LogP) is 4.42. The first-order chi connectivity index (χ1) is 13.3. The molecule has 1 saturated heterocycles. The molecule has 1 amide bonds. The molecule has 2 aromatic carbocycles. The van der Waals surface area contributed by atoms with Crippen molar-refractivity contribution in [2.24, 2.45) is 4.99 Å². The summed E-state index contributed by atoms with van der Waals surface area (Å²) in [6.07, 6.45) is 1.75. The number of halogens is 1. The number of amidine groups is 1. The van der Waals surface area contributed by atoms with Crippen molar-refractivity contribution in [1.82, 2.24) is 5.32 Å². The van der Waals surface area contributed by atoms with Gasteiger partial charge in [-0.25, -0.2) is 9.79 Å². The molecule has 3 rings (SSSR count). The molecule has 0 aliphatic carbocycles. The summed E-state index contributed by atoms with van der Waals surface area (Å²) in [4.78, 5) is 27.8. The first-order valence-corrected chi connectivity index (χ1v) is 9.94. The van der Waals surface area contributed by atoms with Gasteiger partial charge in [0.05, 0.1) is 10.6 Å². The van der Waals surface area contributed by atoms with Crippen LogP contribution in [-0.2, 0) is 9.59 Å². The Morgan fingerprint density at radius 1 is 1.25 bits per heavy atom. The number of hydrogen-bond acceptors (Lipinski definition) is 5. The third kappa shape index (κ3) is 5.02. The van der Waals surface area contributed by atoms with Gasteiger partial charge in [0.1, 0.15) is 5.75 Å². The second-order valence-corrected chi connectivity index (χ2v) is 7.95. The summed E-state index contributed by atoms with van der Waals surface area (Å²) in [5.74, 6) is -0.787. The molecule has 0 saturated carbocycles. The zero-order valence-electron chi connectivity index (χ0n) is 15.2. The average molecular weight is 461 g/mol. The van der Waals surface area contributed by atoms with Crippen molar-refractivity contribution in [3.8, 4) is 5.75 Å². The van der Waals surface area contributed by atoms with Crippen LogP contribution in [0, 0.1) is 13.8 Å². The van der Waals surface area contributed by atoms with Crippen molar-refractivity contribution in [1.29, 1.82) is 0 Å². The summed E-state index contributed by atoms with van der Waals surface area (Å²) in [5, 5.41) is 11.9. The Morgan fingerprint density at radius 2 is 1.89 bits per heavy atom. The Balaban J connectivity index is 1.74. The van der Waals surface area contributed by atoms with E-state index < -0.39 is 12.6 Å². The van der Waals surface area contributed by atoms with Crippen LogP contribution in [0.15, 0.2) is 50.8 Å². The summed E-state index contributed by atoms with van der Waals surface area (Å²) in [6, 6.07) is 10.7. The number of thioether (sulfide) groups is 1. The number of nitrogens with zero attached hydrogens (tertiary/aromatic N) is 1. The van der Waals surface area contributed by atoms with E-state index in [-0.39, 0.29) is 5.91 Å². The second-order valence-electron chi connectivity index (χ2n) is 6.13. The number of amides is 1. The number of aliphatic imine (C=N–C) groups is 1. The maximum atomic E-state index is 12.2. The SMILES string of the molecule is Cc1cc(N=C2NC(=O)/C(=C/c3ccc(OCC(=O)O)cc3)S2)cc(C)c1Br. The number of hydrogen-bond donors (Lipinski definition) is 2. The zero-order chi connectivity index (χ0) is 20.3. The number of rotatable bonds is 5. The molecule has 28 heavy (non-hydrogen) atoms. The zero-order valence-corrected chi connectivity index (χ0v) is 17.6. The predicted molar refractivity (Wildman–Crippen MR) is 114 cm³/mol. The fourth-order valence-electron chi connectivity index (χ4n) is 2.54. The first-order valence-electron chi connectivity index (χ1n) is 8.33. The van der Waals surface area contributed by atoms with Crippen molar-refractivity contribution in [2.45, 2.75) is 13.8 Å². The van der Waals surface area contributed by atoms with Gasteiger partial charge in [0.25, 0.3) is 5.91 Å². The number of aliphatic carboxylic acids is 1. The molecule has 0 aromatic heterocycles. The van der Waals surface area contributed by atoms with Gasteiger partial charge in [-0.15, -0.1) is 0 Å².